The number of pyridine rings is 2. The summed E-state index contributed by atoms with van der Waals surface area (Å²) in [7, 11) is -1.04. The lowest BCUT2D eigenvalue weighted by Gasteiger charge is -2.13. The third-order valence-electron chi connectivity index (χ3n) is 5.57. The number of thiophene rings is 1. The van der Waals surface area contributed by atoms with Gasteiger partial charge in [-0.3, -0.25) is 24.5 Å². The molecule has 5 rings (SSSR count). The number of benzene rings is 1. The predicted octanol–water partition coefficient (Wildman–Crippen LogP) is 4.38. The van der Waals surface area contributed by atoms with Crippen molar-refractivity contribution in [2.45, 2.75) is 4.90 Å². The van der Waals surface area contributed by atoms with E-state index in [0.29, 0.717) is 28.2 Å². The molecule has 37 heavy (non-hydrogen) atoms. The molecule has 2 N–H and O–H groups in total. The Morgan fingerprint density at radius 1 is 1.05 bits per heavy atom. The first-order valence-electron chi connectivity index (χ1n) is 10.8. The van der Waals surface area contributed by atoms with Gasteiger partial charge in [0.15, 0.2) is 0 Å². The van der Waals surface area contributed by atoms with Gasteiger partial charge in [-0.1, -0.05) is 6.07 Å². The minimum absolute atomic E-state index is 0.0934. The number of carbonyl (C=O) groups is 1. The van der Waals surface area contributed by atoms with E-state index in [0.717, 1.165) is 9.75 Å². The largest absolute Gasteiger partial charge is 0.480 e. The molecular formula is C25H20N6O4S2. The van der Waals surface area contributed by atoms with E-state index in [-0.39, 0.29) is 22.0 Å². The molecule has 0 saturated carbocycles. The van der Waals surface area contributed by atoms with Crippen molar-refractivity contribution in [3.63, 3.8) is 0 Å². The molecule has 1 aliphatic rings. The molecule has 3 aromatic heterocycles. The number of aliphatic imine (C=N–C) groups is 2. The van der Waals surface area contributed by atoms with Crippen LogP contribution in [0.4, 0.5) is 17.1 Å². The monoisotopic (exact) mass is 532 g/mol. The number of hydrogen-bond donors (Lipinski definition) is 2. The van der Waals surface area contributed by atoms with Crippen LogP contribution < -0.4 is 14.8 Å². The molecule has 186 valence electrons. The Bertz CT molecular complexity index is 1700. The maximum Gasteiger partial charge on any atom is 0.262 e. The topological polar surface area (TPSA) is 135 Å². The zero-order valence-corrected chi connectivity index (χ0v) is 21.4. The maximum absolute atomic E-state index is 13.3. The van der Waals surface area contributed by atoms with Crippen molar-refractivity contribution in [1.29, 1.82) is 0 Å². The molecule has 0 aliphatic carbocycles. The van der Waals surface area contributed by atoms with E-state index in [1.54, 1.807) is 31.6 Å². The second-order valence-corrected chi connectivity index (χ2v) is 10.6. The van der Waals surface area contributed by atoms with Crippen molar-refractivity contribution >= 4 is 56.8 Å². The maximum atomic E-state index is 13.3. The number of nitrogens with one attached hydrogen (secondary N) is 2. The van der Waals surface area contributed by atoms with E-state index in [1.807, 2.05) is 6.07 Å². The van der Waals surface area contributed by atoms with Crippen molar-refractivity contribution in [3.8, 4) is 16.3 Å². The van der Waals surface area contributed by atoms with Crippen LogP contribution in [0.15, 0.2) is 75.9 Å². The van der Waals surface area contributed by atoms with Gasteiger partial charge in [-0.15, -0.1) is 11.3 Å². The highest BCUT2D eigenvalue weighted by Gasteiger charge is 2.22. The van der Waals surface area contributed by atoms with Gasteiger partial charge in [0.2, 0.25) is 5.88 Å². The molecular weight excluding hydrogens is 512 g/mol. The van der Waals surface area contributed by atoms with Crippen LogP contribution in [0, 0.1) is 0 Å². The summed E-state index contributed by atoms with van der Waals surface area (Å²) in [6.07, 6.45) is 4.73. The summed E-state index contributed by atoms with van der Waals surface area (Å²) in [5.74, 6) is -0.403. The average molecular weight is 533 g/mol. The number of carbonyl (C=O) groups excluding carboxylic acids is 1. The molecule has 12 heteroatoms. The molecule has 0 radical (unpaired) electrons. The van der Waals surface area contributed by atoms with E-state index in [9.17, 15) is 13.2 Å². The zero-order valence-electron chi connectivity index (χ0n) is 19.7. The van der Waals surface area contributed by atoms with Crippen molar-refractivity contribution < 1.29 is 17.9 Å². The third-order valence-corrected chi connectivity index (χ3v) is 8.11. The van der Waals surface area contributed by atoms with Gasteiger partial charge in [0.05, 0.1) is 40.2 Å². The standard InChI is InChI=1S/C25H20N6O4S2/c1-26-19-10-21-15-9-20(25(35-3)29-12-15)31-37(33,34)18-6-4-5-14(8-18)24(32)30-17-7-16(11-28-13-17)22(27-2)23(19)36-21/h4-13,31H,1H2,2-3H3,(H,30,32)/b27-22-. The van der Waals surface area contributed by atoms with E-state index in [2.05, 4.69) is 36.7 Å². The number of rotatable bonds is 2. The van der Waals surface area contributed by atoms with E-state index in [4.69, 9.17) is 4.74 Å². The lowest BCUT2D eigenvalue weighted by Crippen LogP contribution is -2.17. The minimum atomic E-state index is -4.09. The molecule has 1 aromatic carbocycles. The molecule has 0 saturated heterocycles. The third kappa shape index (κ3) is 4.59. The van der Waals surface area contributed by atoms with Gasteiger partial charge < -0.3 is 10.1 Å². The Kier molecular flexibility index (Phi) is 6.27. The Balaban J connectivity index is 1.77. The lowest BCUT2D eigenvalue weighted by molar-refractivity contribution is 0.102. The number of amides is 1. The smallest absolute Gasteiger partial charge is 0.262 e. The Labute approximate surface area is 216 Å². The first-order chi connectivity index (χ1) is 17.8. The van der Waals surface area contributed by atoms with Crippen LogP contribution in [0.5, 0.6) is 5.88 Å². The highest BCUT2D eigenvalue weighted by Crippen LogP contribution is 2.40. The molecule has 1 aliphatic heterocycles. The SMILES string of the molecule is C=Nc1cc2sc1/C(=N\C)c1cncc(c1)NC(=O)c1cccc(c1)S(=O)(=O)Nc1cc-2cnc1OC. The predicted molar refractivity (Wildman–Crippen MR) is 144 cm³/mol. The van der Waals surface area contributed by atoms with E-state index >= 15 is 0 Å². The van der Waals surface area contributed by atoms with Gasteiger partial charge in [0, 0.05) is 41.0 Å². The number of anilines is 2. The van der Waals surface area contributed by atoms with Gasteiger partial charge in [0.25, 0.3) is 15.9 Å². The van der Waals surface area contributed by atoms with E-state index in [1.165, 1.54) is 48.9 Å². The number of fused-ring (bicyclic) bond motifs is 9. The van der Waals surface area contributed by atoms with Crippen molar-refractivity contribution in [1.82, 2.24) is 9.97 Å². The molecule has 4 aromatic rings. The molecule has 0 atom stereocenters. The van der Waals surface area contributed by atoms with Gasteiger partial charge in [-0.2, -0.15) is 0 Å². The van der Waals surface area contributed by atoms with Crippen LogP contribution in [0.2, 0.25) is 0 Å². The highest BCUT2D eigenvalue weighted by atomic mass is 32.2. The van der Waals surface area contributed by atoms with Crippen molar-refractivity contribution in [3.05, 3.63) is 77.1 Å². The van der Waals surface area contributed by atoms with Crippen LogP contribution >= 0.6 is 11.3 Å². The van der Waals surface area contributed by atoms with E-state index < -0.39 is 15.9 Å². The van der Waals surface area contributed by atoms with Crippen LogP contribution in [-0.2, 0) is 10.0 Å². The van der Waals surface area contributed by atoms with Crippen molar-refractivity contribution in [2.75, 3.05) is 24.2 Å². The second-order valence-electron chi connectivity index (χ2n) is 7.89. The summed E-state index contributed by atoms with van der Waals surface area (Å²) in [6.45, 7) is 3.69. The molecule has 10 nitrogen and oxygen atoms in total. The first kappa shape index (κ1) is 24.3. The molecule has 4 heterocycles. The number of sulfonamides is 1. The fourth-order valence-corrected chi connectivity index (χ4v) is 6.09. The fourth-order valence-electron chi connectivity index (χ4n) is 3.84. The zero-order chi connectivity index (χ0) is 26.2. The number of ether oxygens (including phenoxy) is 1. The average Bonchev–Trinajstić information content (AvgIpc) is 3.33. The van der Waals surface area contributed by atoms with Gasteiger partial charge >= 0.3 is 0 Å². The molecule has 0 unspecified atom stereocenters. The normalized spacial score (nSPS) is 15.3. The van der Waals surface area contributed by atoms with Gasteiger partial charge in [0.1, 0.15) is 5.69 Å². The van der Waals surface area contributed by atoms with Crippen LogP contribution in [0.1, 0.15) is 20.8 Å². The summed E-state index contributed by atoms with van der Waals surface area (Å²) >= 11 is 1.39. The summed E-state index contributed by atoms with van der Waals surface area (Å²) < 4.78 is 34.4. The molecule has 0 spiro atoms. The summed E-state index contributed by atoms with van der Waals surface area (Å²) in [5, 5.41) is 2.78. The highest BCUT2D eigenvalue weighted by molar-refractivity contribution is 7.92. The number of aromatic nitrogens is 2. The van der Waals surface area contributed by atoms with Crippen LogP contribution in [0.25, 0.3) is 10.4 Å². The van der Waals surface area contributed by atoms with Crippen LogP contribution in [0.3, 0.4) is 0 Å². The first-order valence-corrected chi connectivity index (χ1v) is 13.1. The second kappa shape index (κ2) is 9.56. The summed E-state index contributed by atoms with van der Waals surface area (Å²) in [5.41, 5.74) is 3.21. The Hall–Kier alpha value is -4.42. The van der Waals surface area contributed by atoms with Gasteiger partial charge in [-0.05, 0) is 43.1 Å². The summed E-state index contributed by atoms with van der Waals surface area (Å²) in [4.78, 5) is 31.6. The van der Waals surface area contributed by atoms with Crippen LogP contribution in [-0.4, -0.2) is 50.9 Å². The lowest BCUT2D eigenvalue weighted by atomic mass is 10.1. The summed E-state index contributed by atoms with van der Waals surface area (Å²) in [6, 6.07) is 10.9. The minimum Gasteiger partial charge on any atom is -0.480 e. The molecule has 1 amide bonds. The quantitative estimate of drug-likeness (QED) is 0.368. The Morgan fingerprint density at radius 2 is 1.89 bits per heavy atom. The molecule has 0 fully saturated rings. The molecule has 8 bridgehead atoms. The number of hydrogen-bond acceptors (Lipinski definition) is 9. The number of nitrogens with zero attached hydrogens (tertiary/aromatic N) is 4. The Morgan fingerprint density at radius 3 is 2.65 bits per heavy atom. The van der Waals surface area contributed by atoms with Gasteiger partial charge in [-0.25, -0.2) is 13.4 Å². The number of methoxy groups -OCH3 is 1. The van der Waals surface area contributed by atoms with Crippen molar-refractivity contribution in [2.24, 2.45) is 9.98 Å². The fraction of sp³-hybridized carbons (Fsp3) is 0.0800.